The maximum Gasteiger partial charge on any atom is 0.107 e. The second-order valence-electron chi connectivity index (χ2n) is 3.97. The molecule has 15 heavy (non-hydrogen) atoms. The Morgan fingerprint density at radius 1 is 1.40 bits per heavy atom. The molecule has 1 aromatic rings. The van der Waals surface area contributed by atoms with Crippen LogP contribution in [0, 0.1) is 0 Å². The van der Waals surface area contributed by atoms with Crippen molar-refractivity contribution in [3.63, 3.8) is 0 Å². The number of rotatable bonds is 3. The number of thiol groups is 1. The summed E-state index contributed by atoms with van der Waals surface area (Å²) in [5.74, 6) is 0.749. The lowest BCUT2D eigenvalue weighted by Gasteiger charge is -2.31. The lowest BCUT2D eigenvalue weighted by atomic mass is 10.3. The third-order valence-corrected chi connectivity index (χ3v) is 3.92. The van der Waals surface area contributed by atoms with E-state index >= 15 is 0 Å². The van der Waals surface area contributed by atoms with E-state index in [1.807, 2.05) is 0 Å². The minimum atomic E-state index is 0.749. The van der Waals surface area contributed by atoms with Crippen LogP contribution in [-0.4, -0.2) is 48.0 Å². The fourth-order valence-electron chi connectivity index (χ4n) is 1.69. The Labute approximate surface area is 101 Å². The SMILES string of the molecule is CN1CCN(Cc2nc(CS)cs2)CC1. The van der Waals surface area contributed by atoms with E-state index in [1.165, 1.54) is 18.1 Å². The standard InChI is InChI=1S/C10H17N3S2/c1-12-2-4-13(5-3-12)6-10-11-9(7-14)8-15-10/h8,14H,2-7H2,1H3. The molecule has 0 unspecified atom stereocenters. The van der Waals surface area contributed by atoms with Crippen molar-refractivity contribution < 1.29 is 0 Å². The summed E-state index contributed by atoms with van der Waals surface area (Å²) in [5.41, 5.74) is 1.10. The van der Waals surface area contributed by atoms with Crippen LogP contribution >= 0.6 is 24.0 Å². The number of thiazole rings is 1. The van der Waals surface area contributed by atoms with Gasteiger partial charge in [-0.3, -0.25) is 4.90 Å². The van der Waals surface area contributed by atoms with E-state index < -0.39 is 0 Å². The van der Waals surface area contributed by atoms with Crippen LogP contribution in [0.1, 0.15) is 10.7 Å². The molecule has 84 valence electrons. The Kier molecular flexibility index (Phi) is 4.02. The molecule has 2 rings (SSSR count). The minimum Gasteiger partial charge on any atom is -0.304 e. The van der Waals surface area contributed by atoms with Gasteiger partial charge in [-0.1, -0.05) is 0 Å². The van der Waals surface area contributed by atoms with Gasteiger partial charge >= 0.3 is 0 Å². The summed E-state index contributed by atoms with van der Waals surface area (Å²) in [6.07, 6.45) is 0. The highest BCUT2D eigenvalue weighted by Gasteiger charge is 2.14. The molecular formula is C10H17N3S2. The van der Waals surface area contributed by atoms with E-state index in [-0.39, 0.29) is 0 Å². The summed E-state index contributed by atoms with van der Waals surface area (Å²) < 4.78 is 0. The van der Waals surface area contributed by atoms with Crippen LogP contribution in [-0.2, 0) is 12.3 Å². The van der Waals surface area contributed by atoms with Gasteiger partial charge in [-0.15, -0.1) is 11.3 Å². The van der Waals surface area contributed by atoms with Crippen LogP contribution < -0.4 is 0 Å². The lowest BCUT2D eigenvalue weighted by Crippen LogP contribution is -2.43. The zero-order chi connectivity index (χ0) is 10.7. The molecule has 0 bridgehead atoms. The highest BCUT2D eigenvalue weighted by Crippen LogP contribution is 2.14. The Hall–Kier alpha value is -0.100. The van der Waals surface area contributed by atoms with Gasteiger partial charge in [-0.2, -0.15) is 12.6 Å². The Bertz CT molecular complexity index is 305. The van der Waals surface area contributed by atoms with Gasteiger partial charge in [0.05, 0.1) is 12.2 Å². The molecule has 0 atom stereocenters. The third-order valence-electron chi connectivity index (χ3n) is 2.72. The first kappa shape index (κ1) is 11.4. The highest BCUT2D eigenvalue weighted by atomic mass is 32.1. The summed E-state index contributed by atoms with van der Waals surface area (Å²) in [5, 5.41) is 3.34. The van der Waals surface area contributed by atoms with Crippen molar-refractivity contribution in [3.8, 4) is 0 Å². The van der Waals surface area contributed by atoms with E-state index in [4.69, 9.17) is 0 Å². The molecule has 1 aromatic heterocycles. The highest BCUT2D eigenvalue weighted by molar-refractivity contribution is 7.79. The first-order valence-corrected chi connectivity index (χ1v) is 6.74. The van der Waals surface area contributed by atoms with E-state index in [9.17, 15) is 0 Å². The molecule has 0 saturated carbocycles. The maximum absolute atomic E-state index is 4.53. The third kappa shape index (κ3) is 3.17. The van der Waals surface area contributed by atoms with Gasteiger partial charge in [-0.05, 0) is 7.05 Å². The summed E-state index contributed by atoms with van der Waals surface area (Å²) in [7, 11) is 2.18. The molecular weight excluding hydrogens is 226 g/mol. The largest absolute Gasteiger partial charge is 0.304 e. The van der Waals surface area contributed by atoms with Crippen molar-refractivity contribution in [2.45, 2.75) is 12.3 Å². The summed E-state index contributed by atoms with van der Waals surface area (Å²) >= 11 is 5.98. The quantitative estimate of drug-likeness (QED) is 0.808. The average Bonchev–Trinajstić information content (AvgIpc) is 2.69. The first-order valence-electron chi connectivity index (χ1n) is 5.23. The molecule has 0 radical (unpaired) electrons. The van der Waals surface area contributed by atoms with E-state index in [0.29, 0.717) is 0 Å². The second kappa shape index (κ2) is 5.30. The first-order chi connectivity index (χ1) is 7.28. The van der Waals surface area contributed by atoms with Gasteiger partial charge in [0.15, 0.2) is 0 Å². The fourth-order valence-corrected chi connectivity index (χ4v) is 2.81. The van der Waals surface area contributed by atoms with Gasteiger partial charge < -0.3 is 4.90 Å². The monoisotopic (exact) mass is 243 g/mol. The van der Waals surface area contributed by atoms with E-state index in [0.717, 1.165) is 31.1 Å². The van der Waals surface area contributed by atoms with E-state index in [1.54, 1.807) is 11.3 Å². The topological polar surface area (TPSA) is 19.4 Å². The Morgan fingerprint density at radius 2 is 2.13 bits per heavy atom. The number of piperazine rings is 1. The molecule has 0 amide bonds. The zero-order valence-electron chi connectivity index (χ0n) is 9.02. The molecule has 0 aliphatic carbocycles. The van der Waals surface area contributed by atoms with Gasteiger partial charge in [0.2, 0.25) is 0 Å². The van der Waals surface area contributed by atoms with Crippen LogP contribution in [0.5, 0.6) is 0 Å². The minimum absolute atomic E-state index is 0.749. The van der Waals surface area contributed by atoms with Crippen molar-refractivity contribution >= 4 is 24.0 Å². The molecule has 1 fully saturated rings. The molecule has 0 N–H and O–H groups in total. The molecule has 3 nitrogen and oxygen atoms in total. The number of hydrogen-bond acceptors (Lipinski definition) is 5. The molecule has 1 aliphatic heterocycles. The number of aromatic nitrogens is 1. The Balaban J connectivity index is 1.86. The van der Waals surface area contributed by atoms with Gasteiger partial charge in [-0.25, -0.2) is 4.98 Å². The van der Waals surface area contributed by atoms with Crippen LogP contribution in [0.25, 0.3) is 0 Å². The van der Waals surface area contributed by atoms with Crippen molar-refractivity contribution in [3.05, 3.63) is 16.1 Å². The van der Waals surface area contributed by atoms with Crippen LogP contribution in [0.4, 0.5) is 0 Å². The van der Waals surface area contributed by atoms with Gasteiger partial charge in [0.1, 0.15) is 5.01 Å². The molecule has 1 aliphatic rings. The zero-order valence-corrected chi connectivity index (χ0v) is 10.7. The van der Waals surface area contributed by atoms with Crippen molar-refractivity contribution in [1.82, 2.24) is 14.8 Å². The lowest BCUT2D eigenvalue weighted by molar-refractivity contribution is 0.148. The summed E-state index contributed by atoms with van der Waals surface area (Å²) in [6.45, 7) is 5.67. The molecule has 0 aromatic carbocycles. The summed E-state index contributed by atoms with van der Waals surface area (Å²) in [4.78, 5) is 9.37. The smallest absolute Gasteiger partial charge is 0.107 e. The average molecular weight is 243 g/mol. The number of likely N-dealkylation sites (N-methyl/N-ethyl adjacent to an activating group) is 1. The summed E-state index contributed by atoms with van der Waals surface area (Å²) in [6, 6.07) is 0. The number of hydrogen-bond donors (Lipinski definition) is 1. The predicted molar refractivity (Wildman–Crippen MR) is 67.6 cm³/mol. The van der Waals surface area contributed by atoms with Crippen molar-refractivity contribution in [1.29, 1.82) is 0 Å². The van der Waals surface area contributed by atoms with Crippen molar-refractivity contribution in [2.75, 3.05) is 33.2 Å². The van der Waals surface area contributed by atoms with Crippen LogP contribution in [0.2, 0.25) is 0 Å². The van der Waals surface area contributed by atoms with Crippen LogP contribution in [0.15, 0.2) is 5.38 Å². The molecule has 2 heterocycles. The molecule has 1 saturated heterocycles. The van der Waals surface area contributed by atoms with Crippen LogP contribution in [0.3, 0.4) is 0 Å². The number of nitrogens with zero attached hydrogens (tertiary/aromatic N) is 3. The van der Waals surface area contributed by atoms with Crippen molar-refractivity contribution in [2.24, 2.45) is 0 Å². The normalized spacial score (nSPS) is 19.6. The van der Waals surface area contributed by atoms with E-state index in [2.05, 4.69) is 39.8 Å². The van der Waals surface area contributed by atoms with Gasteiger partial charge in [0, 0.05) is 37.3 Å². The maximum atomic E-state index is 4.53. The molecule has 5 heteroatoms. The fraction of sp³-hybridized carbons (Fsp3) is 0.700. The Morgan fingerprint density at radius 3 is 2.73 bits per heavy atom. The van der Waals surface area contributed by atoms with Gasteiger partial charge in [0.25, 0.3) is 0 Å². The predicted octanol–water partition coefficient (Wildman–Crippen LogP) is 1.32. The second-order valence-corrected chi connectivity index (χ2v) is 5.23. The molecule has 0 spiro atoms.